The van der Waals surface area contributed by atoms with Crippen LogP contribution in [-0.4, -0.2) is 49.6 Å². The van der Waals surface area contributed by atoms with Crippen LogP contribution in [0.25, 0.3) is 6.08 Å². The molecule has 0 spiro atoms. The second-order valence-corrected chi connectivity index (χ2v) is 7.13. The number of furan rings is 1. The second kappa shape index (κ2) is 9.75. The summed E-state index contributed by atoms with van der Waals surface area (Å²) in [5, 5.41) is 2.63. The van der Waals surface area contributed by atoms with Gasteiger partial charge in [0.05, 0.1) is 30.8 Å². The zero-order chi connectivity index (χ0) is 23.4. The van der Waals surface area contributed by atoms with E-state index < -0.39 is 23.9 Å². The van der Waals surface area contributed by atoms with Crippen molar-refractivity contribution in [3.05, 3.63) is 57.1 Å². The third-order valence-corrected chi connectivity index (χ3v) is 4.78. The van der Waals surface area contributed by atoms with Gasteiger partial charge in [0, 0.05) is 0 Å². The van der Waals surface area contributed by atoms with Gasteiger partial charge in [-0.15, -0.1) is 0 Å². The minimum atomic E-state index is -0.679. The van der Waals surface area contributed by atoms with Crippen molar-refractivity contribution in [3.63, 3.8) is 0 Å². The lowest BCUT2D eigenvalue weighted by Crippen LogP contribution is -2.30. The highest BCUT2D eigenvalue weighted by atomic mass is 35.5. The molecule has 10 nitrogen and oxygen atoms in total. The van der Waals surface area contributed by atoms with Crippen molar-refractivity contribution in [2.75, 3.05) is 20.8 Å². The maximum absolute atomic E-state index is 12.7. The first-order valence-corrected chi connectivity index (χ1v) is 9.69. The third-order valence-electron chi connectivity index (χ3n) is 4.22. The number of halogens is 2. The summed E-state index contributed by atoms with van der Waals surface area (Å²) < 4.78 is 19.6. The summed E-state index contributed by atoms with van der Waals surface area (Å²) in [4.78, 5) is 48.5. The molecule has 1 aromatic heterocycles. The van der Waals surface area contributed by atoms with Gasteiger partial charge in [-0.05, 0) is 35.9 Å². The van der Waals surface area contributed by atoms with Crippen molar-refractivity contribution in [1.29, 1.82) is 0 Å². The predicted octanol–water partition coefficient (Wildman–Crippen LogP) is 3.02. The maximum Gasteiger partial charge on any atom is 0.373 e. The molecule has 168 valence electrons. The molecule has 1 aliphatic rings. The molecule has 12 heteroatoms. The number of urea groups is 1. The molecule has 2 heterocycles. The average molecular weight is 483 g/mol. The normalized spacial score (nSPS) is 14.5. The van der Waals surface area contributed by atoms with Crippen LogP contribution in [0.15, 0.2) is 34.4 Å². The number of carbonyl (C=O) groups excluding carboxylic acids is 4. The van der Waals surface area contributed by atoms with Crippen molar-refractivity contribution in [3.8, 4) is 5.75 Å². The average Bonchev–Trinajstić information content (AvgIpc) is 3.33. The summed E-state index contributed by atoms with van der Waals surface area (Å²) in [6.07, 6.45) is 1.38. The van der Waals surface area contributed by atoms with E-state index in [0.717, 1.165) is 4.90 Å². The molecule has 3 amide bonds. The lowest BCUT2D eigenvalue weighted by molar-refractivity contribution is -0.142. The first kappa shape index (κ1) is 23.2. The summed E-state index contributed by atoms with van der Waals surface area (Å²) in [7, 11) is 2.42. The molecule has 2 aromatic rings. The van der Waals surface area contributed by atoms with Crippen molar-refractivity contribution in [2.45, 2.75) is 6.54 Å². The van der Waals surface area contributed by atoms with Gasteiger partial charge in [0.25, 0.3) is 5.91 Å². The van der Waals surface area contributed by atoms with Gasteiger partial charge in [-0.3, -0.25) is 9.69 Å². The van der Waals surface area contributed by atoms with Gasteiger partial charge in [-0.25, -0.2) is 14.4 Å². The number of rotatable bonds is 7. The molecule has 32 heavy (non-hydrogen) atoms. The molecule has 3 rings (SSSR count). The van der Waals surface area contributed by atoms with Gasteiger partial charge in [0.2, 0.25) is 5.76 Å². The predicted molar refractivity (Wildman–Crippen MR) is 111 cm³/mol. The van der Waals surface area contributed by atoms with E-state index in [0.29, 0.717) is 5.56 Å². The first-order chi connectivity index (χ1) is 15.2. The van der Waals surface area contributed by atoms with Crippen molar-refractivity contribution in [2.24, 2.45) is 0 Å². The number of hydrogen-bond acceptors (Lipinski definition) is 8. The monoisotopic (exact) mass is 482 g/mol. The SMILES string of the molecule is COC(=O)COc1c(Cl)cc(/C=C2\NC(=O)N(Cc3ccc(C(=O)OC)o3)C2=O)cc1Cl. The number of methoxy groups -OCH3 is 2. The van der Waals surface area contributed by atoms with Crippen LogP contribution in [0.2, 0.25) is 10.0 Å². The van der Waals surface area contributed by atoms with E-state index in [1.165, 1.54) is 44.6 Å². The number of carbonyl (C=O) groups is 4. The zero-order valence-electron chi connectivity index (χ0n) is 16.8. The largest absolute Gasteiger partial charge is 0.479 e. The van der Waals surface area contributed by atoms with Gasteiger partial charge in [-0.2, -0.15) is 0 Å². The molecule has 1 fully saturated rings. The Labute approximate surface area is 191 Å². The summed E-state index contributed by atoms with van der Waals surface area (Å²) in [6.45, 7) is -0.578. The van der Waals surface area contributed by atoms with Crippen molar-refractivity contribution in [1.82, 2.24) is 10.2 Å². The number of nitrogens with zero attached hydrogens (tertiary/aromatic N) is 1. The molecule has 0 atom stereocenters. The van der Waals surface area contributed by atoms with E-state index in [4.69, 9.17) is 32.4 Å². The fraction of sp³-hybridized carbons (Fsp3) is 0.200. The topological polar surface area (TPSA) is 124 Å². The quantitative estimate of drug-likeness (QED) is 0.362. The highest BCUT2D eigenvalue weighted by Crippen LogP contribution is 2.35. The number of nitrogens with one attached hydrogen (secondary N) is 1. The summed E-state index contributed by atoms with van der Waals surface area (Å²) in [5.74, 6) is -1.68. The van der Waals surface area contributed by atoms with Gasteiger partial charge < -0.3 is 23.9 Å². The van der Waals surface area contributed by atoms with Gasteiger partial charge in [0.15, 0.2) is 12.4 Å². The molecular formula is C20H16Cl2N2O8. The Balaban J connectivity index is 1.76. The lowest BCUT2D eigenvalue weighted by atomic mass is 10.1. The minimum absolute atomic E-state index is 0.0230. The molecule has 0 saturated carbocycles. The Morgan fingerprint density at radius 3 is 2.44 bits per heavy atom. The summed E-state index contributed by atoms with van der Waals surface area (Å²) >= 11 is 12.3. The van der Waals surface area contributed by atoms with Gasteiger partial charge >= 0.3 is 18.0 Å². The summed E-state index contributed by atoms with van der Waals surface area (Å²) in [5.41, 5.74) is 0.381. The zero-order valence-corrected chi connectivity index (χ0v) is 18.3. The van der Waals surface area contributed by atoms with E-state index in [9.17, 15) is 19.2 Å². The number of amides is 3. The van der Waals surface area contributed by atoms with Crippen LogP contribution in [0.4, 0.5) is 4.79 Å². The van der Waals surface area contributed by atoms with E-state index in [-0.39, 0.29) is 46.2 Å². The number of benzene rings is 1. The molecule has 1 N–H and O–H groups in total. The molecule has 0 unspecified atom stereocenters. The molecule has 0 radical (unpaired) electrons. The van der Waals surface area contributed by atoms with Crippen LogP contribution < -0.4 is 10.1 Å². The fourth-order valence-electron chi connectivity index (χ4n) is 2.70. The first-order valence-electron chi connectivity index (χ1n) is 8.93. The smallest absolute Gasteiger partial charge is 0.373 e. The highest BCUT2D eigenvalue weighted by Gasteiger charge is 2.34. The number of imide groups is 1. The molecule has 1 aliphatic heterocycles. The van der Waals surface area contributed by atoms with Crippen LogP contribution in [0.3, 0.4) is 0 Å². The minimum Gasteiger partial charge on any atom is -0.479 e. The molecule has 0 bridgehead atoms. The molecule has 1 saturated heterocycles. The van der Waals surface area contributed by atoms with E-state index in [1.807, 2.05) is 0 Å². The van der Waals surface area contributed by atoms with Gasteiger partial charge in [-0.1, -0.05) is 23.2 Å². The van der Waals surface area contributed by atoms with Crippen molar-refractivity contribution < 1.29 is 37.8 Å². The Bertz CT molecular complexity index is 1100. The Morgan fingerprint density at radius 2 is 1.81 bits per heavy atom. The Hall–Kier alpha value is -3.50. The fourth-order valence-corrected chi connectivity index (χ4v) is 3.31. The third kappa shape index (κ3) is 5.04. The van der Waals surface area contributed by atoms with E-state index in [1.54, 1.807) is 0 Å². The highest BCUT2D eigenvalue weighted by molar-refractivity contribution is 6.37. The standard InChI is InChI=1S/C20H16Cl2N2O8/c1-29-16(25)9-31-17-12(21)5-10(6-13(17)22)7-14-18(26)24(20(28)23-14)8-11-3-4-15(32-11)19(27)30-2/h3-7H,8-9H2,1-2H3,(H,23,28)/b14-7-. The van der Waals surface area contributed by atoms with E-state index >= 15 is 0 Å². The van der Waals surface area contributed by atoms with Crippen LogP contribution in [0.5, 0.6) is 5.75 Å². The number of esters is 2. The van der Waals surface area contributed by atoms with Gasteiger partial charge in [0.1, 0.15) is 11.5 Å². The Morgan fingerprint density at radius 1 is 1.12 bits per heavy atom. The van der Waals surface area contributed by atoms with Crippen molar-refractivity contribution >= 4 is 53.2 Å². The van der Waals surface area contributed by atoms with Crippen LogP contribution in [0, 0.1) is 0 Å². The second-order valence-electron chi connectivity index (χ2n) is 6.32. The molecular weight excluding hydrogens is 467 g/mol. The maximum atomic E-state index is 12.7. The molecule has 0 aliphatic carbocycles. The van der Waals surface area contributed by atoms with Crippen LogP contribution >= 0.6 is 23.2 Å². The summed E-state index contributed by atoms with van der Waals surface area (Å²) in [6, 6.07) is 5.06. The Kier molecular flexibility index (Phi) is 7.06. The molecule has 1 aromatic carbocycles. The lowest BCUT2D eigenvalue weighted by Gasteiger charge is -2.10. The van der Waals surface area contributed by atoms with E-state index in [2.05, 4.69) is 14.8 Å². The number of hydrogen-bond donors (Lipinski definition) is 1. The van der Waals surface area contributed by atoms with Crippen LogP contribution in [-0.2, 0) is 25.6 Å². The van der Waals surface area contributed by atoms with Crippen LogP contribution in [0.1, 0.15) is 21.9 Å². The number of ether oxygens (including phenoxy) is 3.